The smallest absolute Gasteiger partial charge is 0.261 e. The van der Waals surface area contributed by atoms with Gasteiger partial charge in [0.1, 0.15) is 11.8 Å². The zero-order chi connectivity index (χ0) is 23.8. The Hall–Kier alpha value is -2.53. The van der Waals surface area contributed by atoms with Crippen LogP contribution in [0.1, 0.15) is 55.9 Å². The van der Waals surface area contributed by atoms with Gasteiger partial charge in [-0.15, -0.1) is 0 Å². The molecule has 5 nitrogen and oxygen atoms in total. The van der Waals surface area contributed by atoms with E-state index in [2.05, 4.69) is 5.32 Å². The molecular weight excluding hydrogens is 424 g/mol. The molecule has 0 spiro atoms. The van der Waals surface area contributed by atoms with Gasteiger partial charge in [-0.2, -0.15) is 0 Å². The van der Waals surface area contributed by atoms with Gasteiger partial charge in [0.25, 0.3) is 5.91 Å². The minimum Gasteiger partial charge on any atom is -0.484 e. The van der Waals surface area contributed by atoms with Crippen LogP contribution >= 0.6 is 11.6 Å². The fraction of sp³-hybridized carbons (Fsp3) is 0.462. The van der Waals surface area contributed by atoms with Gasteiger partial charge in [0.2, 0.25) is 5.91 Å². The van der Waals surface area contributed by atoms with Gasteiger partial charge >= 0.3 is 0 Å². The van der Waals surface area contributed by atoms with E-state index in [1.165, 1.54) is 0 Å². The summed E-state index contributed by atoms with van der Waals surface area (Å²) in [5.74, 6) is 0.217. The van der Waals surface area contributed by atoms with Crippen molar-refractivity contribution in [3.05, 3.63) is 63.7 Å². The molecule has 2 atom stereocenters. The Bertz CT molecular complexity index is 921. The highest BCUT2D eigenvalue weighted by Crippen LogP contribution is 2.26. The maximum atomic E-state index is 13.3. The van der Waals surface area contributed by atoms with E-state index in [0.717, 1.165) is 28.7 Å². The number of carbonyl (C=O) groups is 2. The molecule has 0 saturated carbocycles. The van der Waals surface area contributed by atoms with E-state index in [9.17, 15) is 9.59 Å². The van der Waals surface area contributed by atoms with Crippen LogP contribution in [0, 0.1) is 20.8 Å². The molecule has 6 heteroatoms. The molecule has 0 bridgehead atoms. The molecule has 0 heterocycles. The molecule has 0 aliphatic carbocycles. The molecule has 0 radical (unpaired) electrons. The predicted molar refractivity (Wildman–Crippen MR) is 130 cm³/mol. The van der Waals surface area contributed by atoms with Gasteiger partial charge in [-0.05, 0) is 69.4 Å². The average molecular weight is 459 g/mol. The van der Waals surface area contributed by atoms with Crippen molar-refractivity contribution in [2.75, 3.05) is 6.61 Å². The third-order valence-electron chi connectivity index (χ3n) is 5.59. The second-order valence-corrected chi connectivity index (χ2v) is 8.79. The number of aryl methyl sites for hydroxylation is 3. The minimum absolute atomic E-state index is 0.0451. The lowest BCUT2D eigenvalue weighted by Crippen LogP contribution is -2.51. The first kappa shape index (κ1) is 25.7. The molecule has 0 aliphatic rings. The van der Waals surface area contributed by atoms with Crippen LogP contribution in [0.2, 0.25) is 5.02 Å². The Morgan fingerprint density at radius 1 is 1.06 bits per heavy atom. The topological polar surface area (TPSA) is 58.6 Å². The lowest BCUT2D eigenvalue weighted by atomic mass is 10.1. The summed E-state index contributed by atoms with van der Waals surface area (Å²) in [7, 11) is 0. The first-order valence-electron chi connectivity index (χ1n) is 11.2. The van der Waals surface area contributed by atoms with Crippen molar-refractivity contribution in [1.82, 2.24) is 10.2 Å². The zero-order valence-corrected chi connectivity index (χ0v) is 20.8. The van der Waals surface area contributed by atoms with Crippen LogP contribution in [-0.2, 0) is 16.1 Å². The third kappa shape index (κ3) is 6.99. The Morgan fingerprint density at radius 2 is 1.72 bits per heavy atom. The number of ether oxygens (including phenoxy) is 1. The van der Waals surface area contributed by atoms with Gasteiger partial charge < -0.3 is 15.0 Å². The molecule has 2 aromatic rings. The highest BCUT2D eigenvalue weighted by Gasteiger charge is 2.29. The van der Waals surface area contributed by atoms with E-state index < -0.39 is 6.04 Å². The maximum absolute atomic E-state index is 13.3. The van der Waals surface area contributed by atoms with E-state index in [0.29, 0.717) is 23.7 Å². The van der Waals surface area contributed by atoms with Crippen molar-refractivity contribution in [1.29, 1.82) is 0 Å². The van der Waals surface area contributed by atoms with Gasteiger partial charge in [-0.3, -0.25) is 9.59 Å². The normalized spacial score (nSPS) is 12.7. The quantitative estimate of drug-likeness (QED) is 0.521. The maximum Gasteiger partial charge on any atom is 0.261 e. The van der Waals surface area contributed by atoms with Crippen LogP contribution in [0.3, 0.4) is 0 Å². The molecule has 2 amide bonds. The van der Waals surface area contributed by atoms with Crippen molar-refractivity contribution >= 4 is 23.4 Å². The highest BCUT2D eigenvalue weighted by molar-refractivity contribution is 6.32. The fourth-order valence-electron chi connectivity index (χ4n) is 3.59. The summed E-state index contributed by atoms with van der Waals surface area (Å²) in [4.78, 5) is 27.9. The standard InChI is InChI=1S/C26H35ClN2O3/c1-7-20(6)28-26(31)23(8-2)29(15-21-11-9-10-17(3)12-21)24(30)16-32-22-13-18(4)25(27)19(5)14-22/h9-14,20,23H,7-8,15-16H2,1-6H3,(H,28,31)/t20-,23-/m0/s1. The number of nitrogens with one attached hydrogen (secondary N) is 1. The second-order valence-electron chi connectivity index (χ2n) is 8.41. The van der Waals surface area contributed by atoms with Gasteiger partial charge in [-0.25, -0.2) is 0 Å². The van der Waals surface area contributed by atoms with E-state index in [-0.39, 0.29) is 24.5 Å². The van der Waals surface area contributed by atoms with E-state index in [1.807, 2.05) is 77.9 Å². The van der Waals surface area contributed by atoms with Crippen LogP contribution in [-0.4, -0.2) is 35.4 Å². The van der Waals surface area contributed by atoms with Crippen LogP contribution < -0.4 is 10.1 Å². The number of amides is 2. The molecular formula is C26H35ClN2O3. The summed E-state index contributed by atoms with van der Waals surface area (Å²) in [6, 6.07) is 11.1. The first-order valence-corrected chi connectivity index (χ1v) is 11.6. The summed E-state index contributed by atoms with van der Waals surface area (Å²) >= 11 is 6.24. The van der Waals surface area contributed by atoms with Crippen molar-refractivity contribution in [3.8, 4) is 5.75 Å². The first-order chi connectivity index (χ1) is 15.2. The third-order valence-corrected chi connectivity index (χ3v) is 6.19. The van der Waals surface area contributed by atoms with Crippen molar-refractivity contribution < 1.29 is 14.3 Å². The van der Waals surface area contributed by atoms with Gasteiger partial charge in [0.05, 0.1) is 0 Å². The molecule has 0 fully saturated rings. The van der Waals surface area contributed by atoms with Gasteiger partial charge in [0, 0.05) is 17.6 Å². The lowest BCUT2D eigenvalue weighted by molar-refractivity contribution is -0.143. The molecule has 2 rings (SSSR count). The number of carbonyl (C=O) groups excluding carboxylic acids is 2. The van der Waals surface area contributed by atoms with Crippen LogP contribution in [0.5, 0.6) is 5.75 Å². The fourth-order valence-corrected chi connectivity index (χ4v) is 3.69. The van der Waals surface area contributed by atoms with Crippen molar-refractivity contribution in [2.24, 2.45) is 0 Å². The Morgan fingerprint density at radius 3 is 2.28 bits per heavy atom. The van der Waals surface area contributed by atoms with Gasteiger partial charge in [-0.1, -0.05) is 55.3 Å². The predicted octanol–water partition coefficient (Wildman–Crippen LogP) is 5.37. The summed E-state index contributed by atoms with van der Waals surface area (Å²) in [5.41, 5.74) is 3.87. The van der Waals surface area contributed by atoms with Crippen molar-refractivity contribution in [3.63, 3.8) is 0 Å². The zero-order valence-electron chi connectivity index (χ0n) is 20.0. The molecule has 0 saturated heterocycles. The van der Waals surface area contributed by atoms with E-state index >= 15 is 0 Å². The summed E-state index contributed by atoms with van der Waals surface area (Å²) < 4.78 is 5.82. The second kappa shape index (κ2) is 11.9. The Balaban J connectivity index is 2.25. The number of nitrogens with zero attached hydrogens (tertiary/aromatic N) is 1. The summed E-state index contributed by atoms with van der Waals surface area (Å²) in [6.07, 6.45) is 1.34. The minimum atomic E-state index is -0.575. The average Bonchev–Trinajstić information content (AvgIpc) is 2.75. The van der Waals surface area contributed by atoms with Crippen molar-refractivity contribution in [2.45, 2.75) is 73.0 Å². The number of hydrogen-bond donors (Lipinski definition) is 1. The largest absolute Gasteiger partial charge is 0.484 e. The molecule has 32 heavy (non-hydrogen) atoms. The SMILES string of the molecule is CC[C@H](C)NC(=O)[C@H](CC)N(Cc1cccc(C)c1)C(=O)COc1cc(C)c(Cl)c(C)c1. The van der Waals surface area contributed by atoms with Gasteiger partial charge in [0.15, 0.2) is 6.61 Å². The number of hydrogen-bond acceptors (Lipinski definition) is 3. The highest BCUT2D eigenvalue weighted by atomic mass is 35.5. The van der Waals surface area contributed by atoms with E-state index in [1.54, 1.807) is 4.90 Å². The van der Waals surface area contributed by atoms with E-state index in [4.69, 9.17) is 16.3 Å². The Kier molecular flexibility index (Phi) is 9.58. The van der Waals surface area contributed by atoms with Crippen LogP contribution in [0.15, 0.2) is 36.4 Å². The van der Waals surface area contributed by atoms with Crippen LogP contribution in [0.25, 0.3) is 0 Å². The summed E-state index contributed by atoms with van der Waals surface area (Å²) in [6.45, 7) is 11.9. The number of benzene rings is 2. The molecule has 1 N–H and O–H groups in total. The molecule has 174 valence electrons. The molecule has 0 aliphatic heterocycles. The molecule has 0 unspecified atom stereocenters. The molecule has 0 aromatic heterocycles. The number of halogens is 1. The summed E-state index contributed by atoms with van der Waals surface area (Å²) in [5, 5.41) is 3.71. The monoisotopic (exact) mass is 458 g/mol. The van der Waals surface area contributed by atoms with Crippen LogP contribution in [0.4, 0.5) is 0 Å². The Labute approximate surface area is 197 Å². The molecule has 2 aromatic carbocycles. The number of rotatable bonds is 10. The lowest BCUT2D eigenvalue weighted by Gasteiger charge is -2.31.